The number of ether oxygens (including phenoxy) is 1. The number of hydrogen-bond acceptors (Lipinski definition) is 8. The van der Waals surface area contributed by atoms with Crippen LogP contribution in [0.4, 0.5) is 19.0 Å². The maximum absolute atomic E-state index is 15.5. The number of rotatable bonds is 8. The molecule has 3 heterocycles. The SMILES string of the molecule is CCNC1(C=C(C#N)C(=O)N2CCC[C@H](n3nc(-c4ccc(Oc5cccc(F)c5F)cc4F)c4c(N)ncnc43)C2)CC1. The smallest absolute Gasteiger partial charge is 0.264 e. The van der Waals surface area contributed by atoms with Crippen molar-refractivity contribution in [2.75, 3.05) is 25.4 Å². The van der Waals surface area contributed by atoms with Gasteiger partial charge in [-0.1, -0.05) is 13.0 Å². The normalized spacial score (nSPS) is 17.8. The Bertz CT molecular complexity index is 1830. The van der Waals surface area contributed by atoms with E-state index in [1.807, 2.05) is 6.92 Å². The number of nitrogens with zero attached hydrogens (tertiary/aromatic N) is 6. The van der Waals surface area contributed by atoms with Crippen molar-refractivity contribution < 1.29 is 22.7 Å². The van der Waals surface area contributed by atoms with Crippen molar-refractivity contribution in [3.05, 3.63) is 71.8 Å². The Kier molecular flexibility index (Phi) is 7.69. The van der Waals surface area contributed by atoms with Gasteiger partial charge < -0.3 is 20.7 Å². The van der Waals surface area contributed by atoms with E-state index in [1.54, 1.807) is 15.7 Å². The van der Waals surface area contributed by atoms with Crippen molar-refractivity contribution in [2.45, 2.75) is 44.2 Å². The molecule has 1 saturated carbocycles. The highest BCUT2D eigenvalue weighted by Crippen LogP contribution is 2.39. The van der Waals surface area contributed by atoms with Crippen LogP contribution in [0.25, 0.3) is 22.3 Å². The zero-order chi connectivity index (χ0) is 31.0. The lowest BCUT2D eigenvalue weighted by atomic mass is 10.0. The molecule has 0 radical (unpaired) electrons. The summed E-state index contributed by atoms with van der Waals surface area (Å²) in [7, 11) is 0. The minimum Gasteiger partial charge on any atom is -0.454 e. The Balaban J connectivity index is 1.31. The molecule has 0 unspecified atom stereocenters. The molecule has 226 valence electrons. The monoisotopic (exact) mass is 602 g/mol. The molecule has 13 heteroatoms. The van der Waals surface area contributed by atoms with E-state index in [2.05, 4.69) is 21.4 Å². The van der Waals surface area contributed by atoms with Crippen molar-refractivity contribution in [1.82, 2.24) is 30.0 Å². The summed E-state index contributed by atoms with van der Waals surface area (Å²) in [6.07, 6.45) is 6.09. The molecule has 0 spiro atoms. The van der Waals surface area contributed by atoms with Gasteiger partial charge >= 0.3 is 0 Å². The molecule has 0 bridgehead atoms. The number of piperidine rings is 1. The molecule has 4 aromatic rings. The molecule has 3 N–H and O–H groups in total. The summed E-state index contributed by atoms with van der Waals surface area (Å²) in [5.41, 5.74) is 6.65. The highest BCUT2D eigenvalue weighted by Gasteiger charge is 2.41. The van der Waals surface area contributed by atoms with Crippen LogP contribution < -0.4 is 15.8 Å². The lowest BCUT2D eigenvalue weighted by Crippen LogP contribution is -2.42. The zero-order valence-electron chi connectivity index (χ0n) is 23.9. The number of carbonyl (C=O) groups excluding carboxylic acids is 1. The molecular weight excluding hydrogens is 573 g/mol. The number of amides is 1. The molecule has 2 aliphatic rings. The predicted octanol–water partition coefficient (Wildman–Crippen LogP) is 5.04. The Labute approximate surface area is 250 Å². The van der Waals surface area contributed by atoms with Gasteiger partial charge in [-0.05, 0) is 62.6 Å². The number of hydrogen-bond donors (Lipinski definition) is 2. The van der Waals surface area contributed by atoms with E-state index in [9.17, 15) is 18.8 Å². The average molecular weight is 603 g/mol. The Hall–Kier alpha value is -4.96. The number of halogens is 3. The summed E-state index contributed by atoms with van der Waals surface area (Å²) in [6.45, 7) is 3.46. The van der Waals surface area contributed by atoms with Gasteiger partial charge in [0.05, 0.1) is 11.4 Å². The quantitative estimate of drug-likeness (QED) is 0.212. The van der Waals surface area contributed by atoms with E-state index in [-0.39, 0.29) is 58.2 Å². The second kappa shape index (κ2) is 11.6. The zero-order valence-corrected chi connectivity index (χ0v) is 23.9. The molecule has 6 rings (SSSR count). The van der Waals surface area contributed by atoms with E-state index < -0.39 is 17.5 Å². The van der Waals surface area contributed by atoms with Crippen LogP contribution in [0.5, 0.6) is 11.5 Å². The number of carbonyl (C=O) groups is 1. The second-order valence-electron chi connectivity index (χ2n) is 10.9. The molecule has 1 atom stereocenters. The summed E-state index contributed by atoms with van der Waals surface area (Å²) < 4.78 is 50.3. The summed E-state index contributed by atoms with van der Waals surface area (Å²) in [4.78, 5) is 23.5. The fourth-order valence-corrected chi connectivity index (χ4v) is 5.67. The molecule has 1 saturated heterocycles. The summed E-state index contributed by atoms with van der Waals surface area (Å²) in [5.74, 6) is -3.70. The van der Waals surface area contributed by atoms with Gasteiger partial charge in [0, 0.05) is 30.3 Å². The third kappa shape index (κ3) is 5.44. The lowest BCUT2D eigenvalue weighted by molar-refractivity contribution is -0.128. The van der Waals surface area contributed by atoms with Crippen LogP contribution in [0.3, 0.4) is 0 Å². The van der Waals surface area contributed by atoms with Crippen molar-refractivity contribution in [3.63, 3.8) is 0 Å². The number of benzene rings is 2. The number of nitrogens with one attached hydrogen (secondary N) is 1. The van der Waals surface area contributed by atoms with Crippen LogP contribution in [-0.4, -0.2) is 55.7 Å². The second-order valence-corrected chi connectivity index (χ2v) is 10.9. The largest absolute Gasteiger partial charge is 0.454 e. The maximum Gasteiger partial charge on any atom is 0.264 e. The van der Waals surface area contributed by atoms with Gasteiger partial charge in [-0.3, -0.25) is 4.79 Å². The summed E-state index contributed by atoms with van der Waals surface area (Å²) in [6, 6.07) is 9.07. The Morgan fingerprint density at radius 3 is 2.77 bits per heavy atom. The number of nitriles is 1. The van der Waals surface area contributed by atoms with Crippen LogP contribution in [0.2, 0.25) is 0 Å². The van der Waals surface area contributed by atoms with Gasteiger partial charge in [-0.15, -0.1) is 0 Å². The Morgan fingerprint density at radius 2 is 2.05 bits per heavy atom. The number of likely N-dealkylation sites (N-methyl/N-ethyl adjacent to an activating group) is 1. The highest BCUT2D eigenvalue weighted by molar-refractivity contribution is 5.99. The van der Waals surface area contributed by atoms with Crippen molar-refractivity contribution in [3.8, 4) is 28.8 Å². The first kappa shape index (κ1) is 29.1. The molecule has 2 fully saturated rings. The van der Waals surface area contributed by atoms with Gasteiger partial charge in [0.2, 0.25) is 5.82 Å². The fourth-order valence-electron chi connectivity index (χ4n) is 5.67. The van der Waals surface area contributed by atoms with E-state index in [1.165, 1.54) is 30.6 Å². The van der Waals surface area contributed by atoms with Crippen molar-refractivity contribution in [1.29, 1.82) is 5.26 Å². The molecule has 1 aliphatic heterocycles. The van der Waals surface area contributed by atoms with Crippen LogP contribution in [0.1, 0.15) is 38.6 Å². The van der Waals surface area contributed by atoms with E-state index in [4.69, 9.17) is 15.6 Å². The van der Waals surface area contributed by atoms with Crippen molar-refractivity contribution >= 4 is 22.8 Å². The molecule has 44 heavy (non-hydrogen) atoms. The molecular formula is C31H29F3N8O2. The molecule has 1 amide bonds. The van der Waals surface area contributed by atoms with E-state index >= 15 is 4.39 Å². The first-order valence-corrected chi connectivity index (χ1v) is 14.3. The maximum atomic E-state index is 15.5. The summed E-state index contributed by atoms with van der Waals surface area (Å²) >= 11 is 0. The Morgan fingerprint density at radius 1 is 1.23 bits per heavy atom. The van der Waals surface area contributed by atoms with Crippen LogP contribution in [0, 0.1) is 28.8 Å². The minimum atomic E-state index is -1.19. The number of nitrogens with two attached hydrogens (primary N) is 1. The first-order chi connectivity index (χ1) is 21.2. The average Bonchev–Trinajstić information content (AvgIpc) is 3.67. The van der Waals surface area contributed by atoms with Gasteiger partial charge in [0.25, 0.3) is 5.91 Å². The molecule has 2 aromatic carbocycles. The number of likely N-dealkylation sites (tertiary alicyclic amines) is 1. The number of aromatic nitrogens is 4. The van der Waals surface area contributed by atoms with Crippen molar-refractivity contribution in [2.24, 2.45) is 0 Å². The third-order valence-corrected chi connectivity index (χ3v) is 7.98. The summed E-state index contributed by atoms with van der Waals surface area (Å²) in [5, 5.41) is 18.2. The lowest BCUT2D eigenvalue weighted by Gasteiger charge is -2.33. The van der Waals surface area contributed by atoms with Crippen LogP contribution in [-0.2, 0) is 4.79 Å². The molecule has 2 aromatic heterocycles. The van der Waals surface area contributed by atoms with Gasteiger partial charge in [-0.25, -0.2) is 23.4 Å². The number of nitrogen functional groups attached to an aromatic ring is 1. The van der Waals surface area contributed by atoms with E-state index in [0.717, 1.165) is 31.5 Å². The number of anilines is 1. The van der Waals surface area contributed by atoms with Gasteiger partial charge in [-0.2, -0.15) is 14.8 Å². The topological polar surface area (TPSA) is 135 Å². The van der Waals surface area contributed by atoms with Gasteiger partial charge in [0.1, 0.15) is 41.0 Å². The molecule has 1 aliphatic carbocycles. The van der Waals surface area contributed by atoms with Crippen LogP contribution in [0.15, 0.2) is 54.4 Å². The number of fused-ring (bicyclic) bond motifs is 1. The third-order valence-electron chi connectivity index (χ3n) is 7.98. The first-order valence-electron chi connectivity index (χ1n) is 14.3. The van der Waals surface area contributed by atoms with E-state index in [0.29, 0.717) is 30.4 Å². The standard InChI is InChI=1S/C31H29F3N8O2/c1-2-39-31(10-11-31)14-18(15-35)30(43)41-12-4-5-19(16-41)42-29-25(28(36)37-17-38-29)27(40-42)21-9-8-20(13-23(21)33)44-24-7-3-6-22(32)26(24)34/h3,6-9,13-14,17,19,39H,2,4-5,10-12,16H2,1H3,(H2,36,37,38)/t19-/m0/s1. The minimum absolute atomic E-state index is 0.0476. The van der Waals surface area contributed by atoms with Crippen LogP contribution >= 0.6 is 0 Å². The highest BCUT2D eigenvalue weighted by atomic mass is 19.2. The van der Waals surface area contributed by atoms with Gasteiger partial charge in [0.15, 0.2) is 17.2 Å². The predicted molar refractivity (Wildman–Crippen MR) is 156 cm³/mol. The fraction of sp³-hybridized carbons (Fsp3) is 0.323. The molecule has 10 nitrogen and oxygen atoms in total.